The van der Waals surface area contributed by atoms with Gasteiger partial charge < -0.3 is 10.3 Å². The van der Waals surface area contributed by atoms with Crippen LogP contribution in [-0.4, -0.2) is 16.8 Å². The Morgan fingerprint density at radius 2 is 2.04 bits per heavy atom. The average molecular weight is 361 g/mol. The fourth-order valence-electron chi connectivity index (χ4n) is 2.51. The first-order valence-electron chi connectivity index (χ1n) is 7.15. The van der Waals surface area contributed by atoms with Crippen molar-refractivity contribution in [1.82, 2.24) is 9.99 Å². The lowest BCUT2D eigenvalue weighted by Crippen LogP contribution is -2.24. The minimum atomic E-state index is -0.706. The maximum absolute atomic E-state index is 10.7. The maximum Gasteiger partial charge on any atom is 0.332 e. The molecular weight excluding hydrogens is 347 g/mol. The van der Waals surface area contributed by atoms with Crippen LogP contribution in [0.25, 0.3) is 10.9 Å². The molecule has 0 aliphatic rings. The van der Waals surface area contributed by atoms with E-state index in [2.05, 4.69) is 15.1 Å². The van der Waals surface area contributed by atoms with Gasteiger partial charge in [-0.2, -0.15) is 5.10 Å². The molecule has 122 valence electrons. The number of rotatable bonds is 4. The number of nitrogens with two attached hydrogens (primary N) is 1. The van der Waals surface area contributed by atoms with Crippen molar-refractivity contribution in [3.63, 3.8) is 0 Å². The summed E-state index contributed by atoms with van der Waals surface area (Å²) >= 11 is 12.2. The Labute approximate surface area is 148 Å². The molecule has 0 unspecified atom stereocenters. The van der Waals surface area contributed by atoms with Gasteiger partial charge in [0, 0.05) is 39.3 Å². The van der Waals surface area contributed by atoms with Crippen LogP contribution in [0.1, 0.15) is 11.1 Å². The molecule has 0 saturated heterocycles. The van der Waals surface area contributed by atoms with E-state index >= 15 is 0 Å². The Morgan fingerprint density at radius 1 is 1.25 bits per heavy atom. The number of benzene rings is 2. The second kappa shape index (κ2) is 6.95. The maximum atomic E-state index is 10.7. The molecule has 2 amide bonds. The molecule has 24 heavy (non-hydrogen) atoms. The number of primary amides is 1. The van der Waals surface area contributed by atoms with Crippen LogP contribution < -0.4 is 11.2 Å². The van der Waals surface area contributed by atoms with Crippen molar-refractivity contribution in [2.24, 2.45) is 10.8 Å². The molecule has 7 heteroatoms. The molecule has 3 N–H and O–H groups in total. The predicted octanol–water partition coefficient (Wildman–Crippen LogP) is 4.00. The Bertz CT molecular complexity index is 933. The zero-order valence-electron chi connectivity index (χ0n) is 12.5. The van der Waals surface area contributed by atoms with Crippen molar-refractivity contribution in [2.75, 3.05) is 0 Å². The normalized spacial score (nSPS) is 11.2. The van der Waals surface area contributed by atoms with Gasteiger partial charge in [0.25, 0.3) is 0 Å². The van der Waals surface area contributed by atoms with E-state index in [0.717, 1.165) is 22.0 Å². The fourth-order valence-corrected chi connectivity index (χ4v) is 2.98. The highest BCUT2D eigenvalue weighted by Gasteiger charge is 2.09. The minimum Gasteiger partial charge on any atom is -0.350 e. The summed E-state index contributed by atoms with van der Waals surface area (Å²) < 4.78 is 2.07. The van der Waals surface area contributed by atoms with E-state index in [1.165, 1.54) is 0 Å². The standard InChI is InChI=1S/C17H14Cl2N4O/c18-13-6-5-11(15(19)7-13)9-23-10-12(8-21-22-17(20)24)14-3-1-2-4-16(14)23/h1-8,10H,9H2,(H3,20,22,24)/b21-8+. The van der Waals surface area contributed by atoms with Gasteiger partial charge in [-0.25, -0.2) is 10.2 Å². The van der Waals surface area contributed by atoms with Crippen LogP contribution in [0.5, 0.6) is 0 Å². The lowest BCUT2D eigenvalue weighted by molar-refractivity contribution is 0.249. The van der Waals surface area contributed by atoms with Gasteiger partial charge in [-0.05, 0) is 23.8 Å². The summed E-state index contributed by atoms with van der Waals surface area (Å²) in [5, 5.41) is 6.07. The number of fused-ring (bicyclic) bond motifs is 1. The van der Waals surface area contributed by atoms with Gasteiger partial charge in [0.15, 0.2) is 0 Å². The van der Waals surface area contributed by atoms with Crippen LogP contribution in [-0.2, 0) is 6.54 Å². The number of hydrogen-bond donors (Lipinski definition) is 2. The van der Waals surface area contributed by atoms with Gasteiger partial charge in [0.05, 0.1) is 6.21 Å². The zero-order chi connectivity index (χ0) is 17.1. The van der Waals surface area contributed by atoms with Crippen molar-refractivity contribution >= 4 is 46.4 Å². The van der Waals surface area contributed by atoms with E-state index in [1.54, 1.807) is 12.3 Å². The summed E-state index contributed by atoms with van der Waals surface area (Å²) in [4.78, 5) is 10.7. The summed E-state index contributed by atoms with van der Waals surface area (Å²) in [5.41, 5.74) is 10.1. The Kier molecular flexibility index (Phi) is 4.74. The van der Waals surface area contributed by atoms with Crippen molar-refractivity contribution in [3.8, 4) is 0 Å². The summed E-state index contributed by atoms with van der Waals surface area (Å²) in [7, 11) is 0. The van der Waals surface area contributed by atoms with Gasteiger partial charge in [-0.3, -0.25) is 0 Å². The predicted molar refractivity (Wildman–Crippen MR) is 97.8 cm³/mol. The first-order valence-corrected chi connectivity index (χ1v) is 7.90. The summed E-state index contributed by atoms with van der Waals surface area (Å²) in [6.45, 7) is 0.591. The first kappa shape index (κ1) is 16.4. The summed E-state index contributed by atoms with van der Waals surface area (Å²) in [5.74, 6) is 0. The van der Waals surface area contributed by atoms with Gasteiger partial charge in [-0.1, -0.05) is 47.5 Å². The van der Waals surface area contributed by atoms with Gasteiger partial charge in [0.2, 0.25) is 0 Å². The third-order valence-electron chi connectivity index (χ3n) is 3.55. The number of aromatic nitrogens is 1. The molecule has 3 aromatic rings. The van der Waals surface area contributed by atoms with Gasteiger partial charge >= 0.3 is 6.03 Å². The van der Waals surface area contributed by atoms with Crippen molar-refractivity contribution < 1.29 is 4.79 Å². The molecular formula is C17H14Cl2N4O. The number of hydrazone groups is 1. The highest BCUT2D eigenvalue weighted by molar-refractivity contribution is 6.35. The molecule has 0 saturated carbocycles. The monoisotopic (exact) mass is 360 g/mol. The summed E-state index contributed by atoms with van der Waals surface area (Å²) in [6.07, 6.45) is 3.51. The van der Waals surface area contributed by atoms with Crippen molar-refractivity contribution in [1.29, 1.82) is 0 Å². The number of amides is 2. The van der Waals surface area contributed by atoms with Crippen LogP contribution in [0.2, 0.25) is 10.0 Å². The second-order valence-corrected chi connectivity index (χ2v) is 6.04. The van der Waals surface area contributed by atoms with Gasteiger partial charge in [-0.15, -0.1) is 0 Å². The number of nitrogens with zero attached hydrogens (tertiary/aromatic N) is 2. The zero-order valence-corrected chi connectivity index (χ0v) is 14.1. The molecule has 1 aromatic heterocycles. The Hall–Kier alpha value is -2.50. The topological polar surface area (TPSA) is 72.4 Å². The number of hydrogen-bond acceptors (Lipinski definition) is 2. The molecule has 0 radical (unpaired) electrons. The SMILES string of the molecule is NC(=O)N/N=C/c1cn(Cc2ccc(Cl)cc2Cl)c2ccccc12. The lowest BCUT2D eigenvalue weighted by Gasteiger charge is -2.08. The summed E-state index contributed by atoms with van der Waals surface area (Å²) in [6, 6.07) is 12.6. The molecule has 0 spiro atoms. The van der Waals surface area contributed by atoms with Crippen LogP contribution in [0.3, 0.4) is 0 Å². The van der Waals surface area contributed by atoms with Crippen molar-refractivity contribution in [3.05, 3.63) is 69.8 Å². The molecule has 0 atom stereocenters. The minimum absolute atomic E-state index is 0.591. The number of urea groups is 1. The first-order chi connectivity index (χ1) is 11.5. The number of nitrogens with one attached hydrogen (secondary N) is 1. The Morgan fingerprint density at radius 3 is 2.79 bits per heavy atom. The molecule has 0 aliphatic heterocycles. The number of para-hydroxylation sites is 1. The highest BCUT2D eigenvalue weighted by atomic mass is 35.5. The molecule has 5 nitrogen and oxygen atoms in total. The second-order valence-electron chi connectivity index (χ2n) is 5.20. The van der Waals surface area contributed by atoms with Gasteiger partial charge in [0.1, 0.15) is 0 Å². The van der Waals surface area contributed by atoms with Crippen LogP contribution in [0.4, 0.5) is 4.79 Å². The van der Waals surface area contributed by atoms with Crippen LogP contribution >= 0.6 is 23.2 Å². The molecule has 0 fully saturated rings. The van der Waals surface area contributed by atoms with Crippen LogP contribution in [0, 0.1) is 0 Å². The molecule has 2 aromatic carbocycles. The third-order valence-corrected chi connectivity index (χ3v) is 4.14. The van der Waals surface area contributed by atoms with E-state index in [1.807, 2.05) is 42.6 Å². The molecule has 3 rings (SSSR count). The van der Waals surface area contributed by atoms with E-state index in [0.29, 0.717) is 16.6 Å². The number of halogens is 2. The van der Waals surface area contributed by atoms with Crippen LogP contribution in [0.15, 0.2) is 53.8 Å². The van der Waals surface area contributed by atoms with E-state index in [-0.39, 0.29) is 0 Å². The Balaban J connectivity index is 1.99. The van der Waals surface area contributed by atoms with E-state index < -0.39 is 6.03 Å². The quantitative estimate of drug-likeness (QED) is 0.535. The number of carbonyl (C=O) groups excluding carboxylic acids is 1. The highest BCUT2D eigenvalue weighted by Crippen LogP contribution is 2.25. The fraction of sp³-hybridized carbons (Fsp3) is 0.0588. The van der Waals surface area contributed by atoms with Crippen molar-refractivity contribution in [2.45, 2.75) is 6.54 Å². The van der Waals surface area contributed by atoms with E-state index in [9.17, 15) is 4.79 Å². The van der Waals surface area contributed by atoms with E-state index in [4.69, 9.17) is 28.9 Å². The number of carbonyl (C=O) groups is 1. The third kappa shape index (κ3) is 3.53. The smallest absolute Gasteiger partial charge is 0.332 e. The molecule has 1 heterocycles. The average Bonchev–Trinajstić information content (AvgIpc) is 2.88. The lowest BCUT2D eigenvalue weighted by atomic mass is 10.2. The largest absolute Gasteiger partial charge is 0.350 e. The molecule has 0 aliphatic carbocycles. The molecule has 0 bridgehead atoms.